The molecule has 0 unspecified atom stereocenters. The molecule has 0 saturated carbocycles. The van der Waals surface area contributed by atoms with Crippen LogP contribution in [0.15, 0.2) is 212 Å². The molecule has 1 heterocycles. The van der Waals surface area contributed by atoms with Gasteiger partial charge in [0, 0.05) is 16.7 Å². The first-order valence-corrected chi connectivity index (χ1v) is 20.3. The van der Waals surface area contributed by atoms with Crippen molar-refractivity contribution in [2.75, 3.05) is 0 Å². The van der Waals surface area contributed by atoms with Gasteiger partial charge in [0.15, 0.2) is 5.82 Å². The maximum absolute atomic E-state index is 5.25. The van der Waals surface area contributed by atoms with Crippen LogP contribution in [0.1, 0.15) is 23.1 Å². The quantitative estimate of drug-likeness (QED) is 0.158. The van der Waals surface area contributed by atoms with Gasteiger partial charge in [-0.15, -0.1) is 0 Å². The summed E-state index contributed by atoms with van der Waals surface area (Å²) in [6, 6.07) is 71.8. The summed E-state index contributed by atoms with van der Waals surface area (Å²) < 4.78 is 0. The second-order valence-electron chi connectivity index (χ2n) is 15.2. The monoisotopic (exact) mass is 750 g/mol. The minimum atomic E-state index is 0.709. The van der Waals surface area contributed by atoms with Gasteiger partial charge >= 0.3 is 0 Å². The van der Waals surface area contributed by atoms with E-state index >= 15 is 0 Å². The first kappa shape index (κ1) is 34.6. The zero-order valence-electron chi connectivity index (χ0n) is 32.4. The molecule has 276 valence electrons. The van der Waals surface area contributed by atoms with Gasteiger partial charge < -0.3 is 0 Å². The van der Waals surface area contributed by atoms with Crippen LogP contribution < -0.4 is 0 Å². The van der Waals surface area contributed by atoms with Gasteiger partial charge in [0.25, 0.3) is 0 Å². The van der Waals surface area contributed by atoms with E-state index < -0.39 is 0 Å². The summed E-state index contributed by atoms with van der Waals surface area (Å²) >= 11 is 0. The van der Waals surface area contributed by atoms with Gasteiger partial charge in [-0.25, -0.2) is 9.97 Å². The van der Waals surface area contributed by atoms with Gasteiger partial charge in [-0.1, -0.05) is 200 Å². The van der Waals surface area contributed by atoms with Gasteiger partial charge in [0.05, 0.1) is 11.4 Å². The van der Waals surface area contributed by atoms with E-state index in [0.29, 0.717) is 5.82 Å². The second kappa shape index (κ2) is 14.7. The zero-order chi connectivity index (χ0) is 39.1. The molecular weight excluding hydrogens is 713 g/mol. The minimum absolute atomic E-state index is 0.709. The van der Waals surface area contributed by atoms with Crippen LogP contribution in [0.3, 0.4) is 0 Å². The van der Waals surface area contributed by atoms with E-state index in [2.05, 4.69) is 212 Å². The molecule has 2 heteroatoms. The molecule has 0 N–H and O–H groups in total. The summed E-state index contributed by atoms with van der Waals surface area (Å²) in [5.74, 6) is 0.709. The maximum Gasteiger partial charge on any atom is 0.160 e. The Kier molecular flexibility index (Phi) is 8.60. The van der Waals surface area contributed by atoms with E-state index in [1.165, 1.54) is 71.4 Å². The van der Waals surface area contributed by atoms with Crippen LogP contribution in [0.25, 0.3) is 100 Å². The lowest BCUT2D eigenvalue weighted by Gasteiger charge is -2.18. The van der Waals surface area contributed by atoms with Crippen molar-refractivity contribution in [2.45, 2.75) is 6.42 Å². The largest absolute Gasteiger partial charge is 0.228 e. The smallest absolute Gasteiger partial charge is 0.160 e. The van der Waals surface area contributed by atoms with Crippen molar-refractivity contribution in [1.82, 2.24) is 9.97 Å². The fraction of sp³-hybridized carbons (Fsp3) is 0.0175. The normalized spacial score (nSPS) is 12.4. The molecule has 9 aromatic carbocycles. The number of allylic oxidation sites excluding steroid dienone is 2. The average molecular weight is 751 g/mol. The van der Waals surface area contributed by atoms with Gasteiger partial charge in [-0.3, -0.25) is 0 Å². The predicted molar refractivity (Wildman–Crippen MR) is 249 cm³/mol. The maximum atomic E-state index is 5.25. The van der Waals surface area contributed by atoms with E-state index in [9.17, 15) is 0 Å². The molecule has 0 aliphatic heterocycles. The van der Waals surface area contributed by atoms with Crippen molar-refractivity contribution >= 4 is 44.0 Å². The SMILES string of the molecule is C1=Cc2c(cccc2-c2cc(-c3ccc4cc(-c5c6ccccc6c(-c6ccccc6)c6ccccc56)ccc4c3)nc(-c3ccccc3)n2)C(c2ccccc2)=CC1. The predicted octanol–water partition coefficient (Wildman–Crippen LogP) is 15.1. The third-order valence-electron chi connectivity index (χ3n) is 11.7. The summed E-state index contributed by atoms with van der Waals surface area (Å²) in [4.78, 5) is 10.5. The number of hydrogen-bond acceptors (Lipinski definition) is 2. The highest BCUT2D eigenvalue weighted by atomic mass is 14.9. The topological polar surface area (TPSA) is 25.8 Å². The third-order valence-corrected chi connectivity index (χ3v) is 11.7. The number of benzene rings is 9. The molecule has 0 spiro atoms. The Bertz CT molecular complexity index is 3210. The van der Waals surface area contributed by atoms with Gasteiger partial charge in [0.1, 0.15) is 0 Å². The first-order valence-electron chi connectivity index (χ1n) is 20.3. The Hall–Kier alpha value is -7.68. The lowest BCUT2D eigenvalue weighted by Crippen LogP contribution is -1.99. The standard InChI is InChI=1S/C57H38N2/c1-4-17-38(18-5-1)45-23-10-11-24-47-46(45)29-16-30-48(47)54-37-53(58-57(59-54)40-21-8-3-9-22-40)43-33-31-42-36-44(34-32-41(42)35-43)56-51-27-14-12-25-49(51)55(39-19-6-2-7-20-39)50-26-13-15-28-52(50)56/h1-9,11-37H,10H2. The number of rotatable bonds is 6. The Labute approximate surface area is 344 Å². The summed E-state index contributed by atoms with van der Waals surface area (Å²) in [6.07, 6.45) is 7.70. The van der Waals surface area contributed by atoms with Crippen LogP contribution in [-0.4, -0.2) is 9.97 Å². The van der Waals surface area contributed by atoms with E-state index in [1.807, 2.05) is 6.07 Å². The summed E-state index contributed by atoms with van der Waals surface area (Å²) in [5.41, 5.74) is 14.7. The first-order chi connectivity index (χ1) is 29.3. The summed E-state index contributed by atoms with van der Waals surface area (Å²) in [6.45, 7) is 0. The fourth-order valence-corrected chi connectivity index (χ4v) is 8.94. The number of nitrogens with zero attached hydrogens (tertiary/aromatic N) is 2. The molecule has 1 aliphatic carbocycles. The Morgan fingerprint density at radius 1 is 0.356 bits per heavy atom. The molecule has 0 saturated heterocycles. The second-order valence-corrected chi connectivity index (χ2v) is 15.2. The Morgan fingerprint density at radius 2 is 0.864 bits per heavy atom. The molecule has 0 fully saturated rings. The highest BCUT2D eigenvalue weighted by molar-refractivity contribution is 6.21. The van der Waals surface area contributed by atoms with Crippen molar-refractivity contribution in [3.63, 3.8) is 0 Å². The Morgan fingerprint density at radius 3 is 1.51 bits per heavy atom. The molecular formula is C57H38N2. The van der Waals surface area contributed by atoms with Crippen molar-refractivity contribution < 1.29 is 0 Å². The van der Waals surface area contributed by atoms with Crippen LogP contribution >= 0.6 is 0 Å². The van der Waals surface area contributed by atoms with Gasteiger partial charge in [-0.05, 0) is 101 Å². The van der Waals surface area contributed by atoms with E-state index in [0.717, 1.165) is 39.9 Å². The van der Waals surface area contributed by atoms with Crippen LogP contribution in [0.4, 0.5) is 0 Å². The van der Waals surface area contributed by atoms with E-state index in [4.69, 9.17) is 9.97 Å². The van der Waals surface area contributed by atoms with E-state index in [1.54, 1.807) is 0 Å². The number of aromatic nitrogens is 2. The highest BCUT2D eigenvalue weighted by Crippen LogP contribution is 2.44. The third kappa shape index (κ3) is 6.23. The van der Waals surface area contributed by atoms with Gasteiger partial charge in [-0.2, -0.15) is 0 Å². The molecule has 11 rings (SSSR count). The summed E-state index contributed by atoms with van der Waals surface area (Å²) in [5, 5.41) is 7.37. The highest BCUT2D eigenvalue weighted by Gasteiger charge is 2.19. The van der Waals surface area contributed by atoms with Gasteiger partial charge in [0.2, 0.25) is 0 Å². The van der Waals surface area contributed by atoms with E-state index in [-0.39, 0.29) is 0 Å². The number of fused-ring (bicyclic) bond motifs is 4. The molecule has 1 aromatic heterocycles. The minimum Gasteiger partial charge on any atom is -0.228 e. The molecule has 0 atom stereocenters. The average Bonchev–Trinajstić information content (AvgIpc) is 3.54. The molecule has 0 bridgehead atoms. The molecule has 10 aromatic rings. The van der Waals surface area contributed by atoms with Crippen LogP contribution in [0, 0.1) is 0 Å². The lowest BCUT2D eigenvalue weighted by atomic mass is 9.85. The molecule has 2 nitrogen and oxygen atoms in total. The molecule has 1 aliphatic rings. The van der Waals surface area contributed by atoms with Crippen LogP contribution in [0.2, 0.25) is 0 Å². The van der Waals surface area contributed by atoms with Crippen LogP contribution in [0.5, 0.6) is 0 Å². The zero-order valence-corrected chi connectivity index (χ0v) is 32.4. The molecule has 0 amide bonds. The van der Waals surface area contributed by atoms with Crippen LogP contribution in [-0.2, 0) is 0 Å². The number of hydrogen-bond donors (Lipinski definition) is 0. The molecule has 0 radical (unpaired) electrons. The van der Waals surface area contributed by atoms with Crippen molar-refractivity contribution in [3.8, 4) is 56.2 Å². The fourth-order valence-electron chi connectivity index (χ4n) is 8.94. The molecule has 59 heavy (non-hydrogen) atoms. The summed E-state index contributed by atoms with van der Waals surface area (Å²) in [7, 11) is 0. The Balaban J connectivity index is 1.05. The van der Waals surface area contributed by atoms with Crippen molar-refractivity contribution in [2.24, 2.45) is 0 Å². The lowest BCUT2D eigenvalue weighted by molar-refractivity contribution is 1.18. The van der Waals surface area contributed by atoms with Crippen molar-refractivity contribution in [3.05, 3.63) is 229 Å². The van der Waals surface area contributed by atoms with Crippen molar-refractivity contribution in [1.29, 1.82) is 0 Å².